The maximum atomic E-state index is 15.3. The van der Waals surface area contributed by atoms with Crippen LogP contribution in [-0.4, -0.2) is 56.9 Å². The van der Waals surface area contributed by atoms with Gasteiger partial charge in [-0.15, -0.1) is 0 Å². The van der Waals surface area contributed by atoms with Gasteiger partial charge in [-0.1, -0.05) is 18.2 Å². The first-order chi connectivity index (χ1) is 18.6. The summed E-state index contributed by atoms with van der Waals surface area (Å²) in [6.07, 6.45) is 2.05. The number of benzene rings is 2. The van der Waals surface area contributed by atoms with Crippen LogP contribution in [0.4, 0.5) is 18.0 Å². The maximum Gasteiger partial charge on any atom is 0.407 e. The van der Waals surface area contributed by atoms with E-state index in [0.717, 1.165) is 23.4 Å². The fraction of sp³-hybridized carbons (Fsp3) is 0.448. The van der Waals surface area contributed by atoms with E-state index in [1.54, 1.807) is 39.0 Å². The average Bonchev–Trinajstić information content (AvgIpc) is 3.47. The third kappa shape index (κ3) is 6.28. The molecule has 1 aromatic heterocycles. The van der Waals surface area contributed by atoms with Crippen LogP contribution in [-0.2, 0) is 24.2 Å². The van der Waals surface area contributed by atoms with Crippen molar-refractivity contribution in [2.45, 2.75) is 70.4 Å². The lowest BCUT2D eigenvalue weighted by molar-refractivity contribution is 0.0169. The van der Waals surface area contributed by atoms with E-state index in [1.807, 2.05) is 11.1 Å². The van der Waals surface area contributed by atoms with Crippen molar-refractivity contribution < 1.29 is 22.7 Å². The van der Waals surface area contributed by atoms with E-state index in [9.17, 15) is 13.6 Å². The number of nitrogens with zero attached hydrogens (tertiary/aromatic N) is 3. The lowest BCUT2D eigenvalue weighted by atomic mass is 9.86. The molecule has 1 fully saturated rings. The maximum absolute atomic E-state index is 15.3. The lowest BCUT2D eigenvalue weighted by Gasteiger charge is -2.47. The van der Waals surface area contributed by atoms with Gasteiger partial charge in [0.2, 0.25) is 0 Å². The van der Waals surface area contributed by atoms with Crippen LogP contribution < -0.4 is 5.32 Å². The standard InChI is InChI=1S/C29H34F3N5O2/c1-29(2,3)39-28(38)34-25-13-21(37-15-19-14-33-35-26(19)17-37)16-36(11-10-18-6-4-5-7-23(18)31)27(25)22-12-20(30)8-9-24(22)32/h4-9,12,14,21,25,27H,10-11,13,15-17H2,1-3H3,(H,33,35)(H,34,38)/t21-,25?,27?/m1/s1. The second-order valence-corrected chi connectivity index (χ2v) is 11.4. The number of alkyl carbamates (subject to hydrolysis) is 1. The van der Waals surface area contributed by atoms with Gasteiger partial charge in [0.15, 0.2) is 0 Å². The van der Waals surface area contributed by atoms with Gasteiger partial charge >= 0.3 is 6.09 Å². The van der Waals surface area contributed by atoms with Crippen molar-refractivity contribution in [3.8, 4) is 0 Å². The fourth-order valence-corrected chi connectivity index (χ4v) is 5.69. The highest BCUT2D eigenvalue weighted by atomic mass is 19.1. The fourth-order valence-electron chi connectivity index (χ4n) is 5.69. The summed E-state index contributed by atoms with van der Waals surface area (Å²) in [5.74, 6) is -1.44. The van der Waals surface area contributed by atoms with Crippen LogP contribution >= 0.6 is 0 Å². The predicted octanol–water partition coefficient (Wildman–Crippen LogP) is 5.09. The van der Waals surface area contributed by atoms with Crippen LogP contribution in [0.5, 0.6) is 0 Å². The van der Waals surface area contributed by atoms with Crippen LogP contribution in [0.2, 0.25) is 0 Å². The molecule has 2 aliphatic rings. The number of rotatable bonds is 6. The number of nitrogens with one attached hydrogen (secondary N) is 2. The Balaban J connectivity index is 1.48. The van der Waals surface area contributed by atoms with Crippen molar-refractivity contribution in [3.63, 3.8) is 0 Å². The number of ether oxygens (including phenoxy) is 1. The smallest absolute Gasteiger partial charge is 0.407 e. The van der Waals surface area contributed by atoms with E-state index in [2.05, 4.69) is 20.4 Å². The molecule has 3 atom stereocenters. The summed E-state index contributed by atoms with van der Waals surface area (Å²) < 4.78 is 49.7. The minimum absolute atomic E-state index is 0.0146. The first-order valence-corrected chi connectivity index (χ1v) is 13.2. The quantitative estimate of drug-likeness (QED) is 0.455. The largest absolute Gasteiger partial charge is 0.444 e. The summed E-state index contributed by atoms with van der Waals surface area (Å²) in [6.45, 7) is 7.58. The van der Waals surface area contributed by atoms with Crippen molar-refractivity contribution >= 4 is 6.09 Å². The number of likely N-dealkylation sites (tertiary alicyclic amines) is 1. The number of aromatic amines is 1. The zero-order valence-electron chi connectivity index (χ0n) is 22.4. The number of aromatic nitrogens is 2. The van der Waals surface area contributed by atoms with E-state index < -0.39 is 35.4 Å². The molecule has 2 aliphatic heterocycles. The summed E-state index contributed by atoms with van der Waals surface area (Å²) in [7, 11) is 0. The first-order valence-electron chi connectivity index (χ1n) is 13.2. The zero-order valence-corrected chi connectivity index (χ0v) is 22.4. The average molecular weight is 542 g/mol. The number of carbonyl (C=O) groups excluding carboxylic acids is 1. The number of hydrogen-bond acceptors (Lipinski definition) is 5. The van der Waals surface area contributed by atoms with Gasteiger partial charge in [0.25, 0.3) is 0 Å². The third-order valence-electron chi connectivity index (χ3n) is 7.41. The van der Waals surface area contributed by atoms with Gasteiger partial charge in [0, 0.05) is 43.3 Å². The molecule has 1 amide bonds. The zero-order chi connectivity index (χ0) is 27.7. The molecule has 0 aliphatic carbocycles. The number of H-pyrrole nitrogens is 1. The second-order valence-electron chi connectivity index (χ2n) is 11.4. The van der Waals surface area contributed by atoms with E-state index in [0.29, 0.717) is 44.6 Å². The van der Waals surface area contributed by atoms with Crippen molar-refractivity contribution in [2.24, 2.45) is 0 Å². The predicted molar refractivity (Wildman–Crippen MR) is 140 cm³/mol. The van der Waals surface area contributed by atoms with Crippen LogP contribution in [0, 0.1) is 17.5 Å². The van der Waals surface area contributed by atoms with Crippen molar-refractivity contribution in [1.29, 1.82) is 0 Å². The molecule has 3 aromatic rings. The Kier molecular flexibility index (Phi) is 7.68. The van der Waals surface area contributed by atoms with Crippen LogP contribution in [0.3, 0.4) is 0 Å². The molecule has 10 heteroatoms. The number of piperidine rings is 1. The monoisotopic (exact) mass is 541 g/mol. The van der Waals surface area contributed by atoms with Crippen LogP contribution in [0.25, 0.3) is 0 Å². The SMILES string of the molecule is CC(C)(C)OC(=O)NC1C[C@@H](N2Cc3cn[nH]c3C2)CN(CCc2ccccc2F)C1c1cc(F)ccc1F. The van der Waals surface area contributed by atoms with Crippen LogP contribution in [0.15, 0.2) is 48.7 Å². The summed E-state index contributed by atoms with van der Waals surface area (Å²) in [4.78, 5) is 17.3. The topological polar surface area (TPSA) is 73.5 Å². The normalized spacial score (nSPS) is 22.1. The number of halogens is 3. The third-order valence-corrected chi connectivity index (χ3v) is 7.41. The number of hydrogen-bond donors (Lipinski definition) is 2. The van der Waals surface area contributed by atoms with Gasteiger partial charge in [0.05, 0.1) is 24.0 Å². The Morgan fingerprint density at radius 3 is 2.67 bits per heavy atom. The Bertz CT molecular complexity index is 1300. The minimum atomic E-state index is -0.729. The van der Waals surface area contributed by atoms with Gasteiger partial charge in [-0.25, -0.2) is 18.0 Å². The number of fused-ring (bicyclic) bond motifs is 1. The molecule has 3 heterocycles. The molecule has 2 N–H and O–H groups in total. The highest BCUT2D eigenvalue weighted by Gasteiger charge is 2.42. The number of amides is 1. The molecular weight excluding hydrogens is 507 g/mol. The van der Waals surface area contributed by atoms with Gasteiger partial charge in [-0.2, -0.15) is 5.10 Å². The van der Waals surface area contributed by atoms with E-state index in [-0.39, 0.29) is 17.4 Å². The highest BCUT2D eigenvalue weighted by Crippen LogP contribution is 2.37. The Labute approximate surface area is 226 Å². The minimum Gasteiger partial charge on any atom is -0.444 e. The summed E-state index contributed by atoms with van der Waals surface area (Å²) in [6, 6.07) is 8.64. The Hall–Kier alpha value is -3.37. The molecule has 0 radical (unpaired) electrons. The van der Waals surface area contributed by atoms with E-state index in [4.69, 9.17) is 4.74 Å². The molecule has 0 bridgehead atoms. The van der Waals surface area contributed by atoms with Crippen LogP contribution in [0.1, 0.15) is 55.6 Å². The van der Waals surface area contributed by atoms with Crippen molar-refractivity contribution in [1.82, 2.24) is 25.3 Å². The highest BCUT2D eigenvalue weighted by molar-refractivity contribution is 5.68. The molecule has 208 valence electrons. The van der Waals surface area contributed by atoms with Crippen molar-refractivity contribution in [2.75, 3.05) is 13.1 Å². The Morgan fingerprint density at radius 2 is 1.92 bits per heavy atom. The number of carbonyl (C=O) groups is 1. The van der Waals surface area contributed by atoms with Gasteiger partial charge in [0.1, 0.15) is 23.1 Å². The molecule has 5 rings (SSSR count). The van der Waals surface area contributed by atoms with Gasteiger partial charge < -0.3 is 10.1 Å². The molecule has 0 spiro atoms. The molecule has 1 saturated heterocycles. The van der Waals surface area contributed by atoms with E-state index >= 15 is 4.39 Å². The summed E-state index contributed by atoms with van der Waals surface area (Å²) in [5, 5.41) is 10.1. The van der Waals surface area contributed by atoms with Gasteiger partial charge in [-0.3, -0.25) is 14.9 Å². The summed E-state index contributed by atoms with van der Waals surface area (Å²) in [5.41, 5.74) is 2.12. The molecule has 2 aromatic carbocycles. The second kappa shape index (κ2) is 11.0. The molecule has 7 nitrogen and oxygen atoms in total. The molecule has 2 unspecified atom stereocenters. The molecule has 39 heavy (non-hydrogen) atoms. The van der Waals surface area contributed by atoms with Gasteiger partial charge in [-0.05, 0) is 63.4 Å². The van der Waals surface area contributed by atoms with E-state index in [1.165, 1.54) is 12.1 Å². The Morgan fingerprint density at radius 1 is 1.13 bits per heavy atom. The molecule has 0 saturated carbocycles. The first kappa shape index (κ1) is 27.2. The molecular formula is C29H34F3N5O2. The summed E-state index contributed by atoms with van der Waals surface area (Å²) >= 11 is 0. The lowest BCUT2D eigenvalue weighted by Crippen LogP contribution is -2.58. The van der Waals surface area contributed by atoms with Crippen molar-refractivity contribution in [3.05, 3.63) is 88.5 Å².